The lowest BCUT2D eigenvalue weighted by atomic mass is 9.95. The number of fused-ring (bicyclic) bond motifs is 1. The molecule has 0 aliphatic heterocycles. The van der Waals surface area contributed by atoms with E-state index in [1.165, 1.54) is 0 Å². The third kappa shape index (κ3) is 6.25. The summed E-state index contributed by atoms with van der Waals surface area (Å²) in [6, 6.07) is 24.5. The molecule has 1 aliphatic rings. The second kappa shape index (κ2) is 11.0. The van der Waals surface area contributed by atoms with Gasteiger partial charge in [-0.1, -0.05) is 66.2 Å². The number of carbonyl (C=O) groups is 2. The average Bonchev–Trinajstić information content (AvgIpc) is 3.75. The number of carboxylic acids is 1. The summed E-state index contributed by atoms with van der Waals surface area (Å²) in [7, 11) is 0. The number of halogens is 1. The molecule has 4 aromatic rings. The van der Waals surface area contributed by atoms with Crippen LogP contribution < -0.4 is 5.32 Å². The summed E-state index contributed by atoms with van der Waals surface area (Å²) in [6.07, 6.45) is 6.95. The van der Waals surface area contributed by atoms with Crippen molar-refractivity contribution < 1.29 is 14.7 Å². The van der Waals surface area contributed by atoms with Crippen molar-refractivity contribution in [3.8, 4) is 0 Å². The number of hydrogen-bond acceptors (Lipinski definition) is 3. The Morgan fingerprint density at radius 1 is 1.00 bits per heavy atom. The summed E-state index contributed by atoms with van der Waals surface area (Å²) in [5, 5.41) is 14.4. The number of hydrogen-bond donors (Lipinski definition) is 2. The number of aromatic carboxylic acids is 1. The van der Waals surface area contributed by atoms with Crippen LogP contribution in [0.25, 0.3) is 23.1 Å². The van der Waals surface area contributed by atoms with Gasteiger partial charge >= 0.3 is 5.97 Å². The van der Waals surface area contributed by atoms with Gasteiger partial charge in [0.1, 0.15) is 0 Å². The lowest BCUT2D eigenvalue weighted by Crippen LogP contribution is -2.30. The maximum atomic E-state index is 12.7. The molecule has 5 nitrogen and oxygen atoms in total. The molecule has 1 unspecified atom stereocenters. The van der Waals surface area contributed by atoms with E-state index in [9.17, 15) is 14.7 Å². The van der Waals surface area contributed by atoms with Gasteiger partial charge in [0.05, 0.1) is 22.8 Å². The summed E-state index contributed by atoms with van der Waals surface area (Å²) < 4.78 is 0. The van der Waals surface area contributed by atoms with E-state index in [1.807, 2.05) is 72.8 Å². The maximum Gasteiger partial charge on any atom is 0.335 e. The number of carbonyl (C=O) groups excluding carboxylic acids is 1. The van der Waals surface area contributed by atoms with Gasteiger partial charge in [0, 0.05) is 16.3 Å². The predicted molar refractivity (Wildman–Crippen MR) is 147 cm³/mol. The molecule has 1 heterocycles. The Morgan fingerprint density at radius 3 is 2.62 bits per heavy atom. The zero-order valence-corrected chi connectivity index (χ0v) is 21.0. The van der Waals surface area contributed by atoms with Crippen LogP contribution in [0.5, 0.6) is 0 Å². The van der Waals surface area contributed by atoms with Crippen LogP contribution in [-0.4, -0.2) is 22.0 Å². The number of aromatic nitrogens is 1. The summed E-state index contributed by atoms with van der Waals surface area (Å²) in [5.41, 5.74) is 4.70. The highest BCUT2D eigenvalue weighted by atomic mass is 35.5. The second-order valence-electron chi connectivity index (χ2n) is 9.41. The summed E-state index contributed by atoms with van der Waals surface area (Å²) in [5.74, 6) is -0.785. The Hall–Kier alpha value is -3.96. The normalized spacial score (nSPS) is 14.1. The Morgan fingerprint density at radius 2 is 1.81 bits per heavy atom. The summed E-state index contributed by atoms with van der Waals surface area (Å²) >= 11 is 6.12. The molecule has 6 heteroatoms. The van der Waals surface area contributed by atoms with Crippen LogP contribution in [-0.2, 0) is 11.2 Å². The largest absolute Gasteiger partial charge is 0.478 e. The second-order valence-corrected chi connectivity index (χ2v) is 9.85. The van der Waals surface area contributed by atoms with E-state index in [4.69, 9.17) is 11.6 Å². The molecule has 1 saturated carbocycles. The van der Waals surface area contributed by atoms with Crippen LogP contribution in [0.2, 0.25) is 5.02 Å². The van der Waals surface area contributed by atoms with Crippen LogP contribution >= 0.6 is 11.6 Å². The van der Waals surface area contributed by atoms with E-state index >= 15 is 0 Å². The number of amides is 1. The monoisotopic (exact) mass is 510 g/mol. The highest BCUT2D eigenvalue weighted by Gasteiger charge is 2.31. The SMILES string of the molecule is O=C(O)c1ccccc1CCC(NC(=O)C1CC1)c1cccc(/C=C/c2ccc3ccc(Cl)cc3n2)c1. The fraction of sp³-hybridized carbons (Fsp3) is 0.194. The van der Waals surface area contributed by atoms with Gasteiger partial charge in [0.15, 0.2) is 0 Å². The predicted octanol–water partition coefficient (Wildman–Crippen LogP) is 6.96. The molecule has 1 fully saturated rings. The van der Waals surface area contributed by atoms with Gasteiger partial charge in [-0.2, -0.15) is 0 Å². The minimum Gasteiger partial charge on any atom is -0.478 e. The molecule has 1 aromatic heterocycles. The van der Waals surface area contributed by atoms with Crippen LogP contribution in [0.15, 0.2) is 78.9 Å². The number of pyridine rings is 1. The Kier molecular flexibility index (Phi) is 7.33. The first-order valence-electron chi connectivity index (χ1n) is 12.4. The van der Waals surface area contributed by atoms with E-state index in [0.717, 1.165) is 46.1 Å². The topological polar surface area (TPSA) is 79.3 Å². The molecule has 1 atom stereocenters. The first-order valence-corrected chi connectivity index (χ1v) is 12.8. The molecule has 37 heavy (non-hydrogen) atoms. The zero-order valence-electron chi connectivity index (χ0n) is 20.2. The van der Waals surface area contributed by atoms with Gasteiger partial charge in [0.25, 0.3) is 0 Å². The van der Waals surface area contributed by atoms with Crippen molar-refractivity contribution in [2.45, 2.75) is 31.7 Å². The lowest BCUT2D eigenvalue weighted by Gasteiger charge is -2.20. The van der Waals surface area contributed by atoms with Gasteiger partial charge in [-0.25, -0.2) is 9.78 Å². The first-order chi connectivity index (χ1) is 18.0. The minimum atomic E-state index is -0.939. The molecule has 186 valence electrons. The highest BCUT2D eigenvalue weighted by molar-refractivity contribution is 6.31. The molecule has 1 aliphatic carbocycles. The molecule has 0 spiro atoms. The zero-order chi connectivity index (χ0) is 25.8. The molecule has 0 bridgehead atoms. The molecule has 1 amide bonds. The molecule has 0 saturated heterocycles. The van der Waals surface area contributed by atoms with E-state index in [0.29, 0.717) is 23.4 Å². The van der Waals surface area contributed by atoms with Gasteiger partial charge in [-0.15, -0.1) is 0 Å². The molecular weight excluding hydrogens is 484 g/mol. The highest BCUT2D eigenvalue weighted by Crippen LogP contribution is 2.31. The smallest absolute Gasteiger partial charge is 0.335 e. The molecule has 5 rings (SSSR count). The standard InChI is InChI=1S/C31H27ClN2O3/c32-25-14-11-22-12-16-26(33-29(22)19-25)15-8-20-4-3-6-24(18-20)28(34-30(35)23-9-10-23)17-13-21-5-1-2-7-27(21)31(36)37/h1-8,11-12,14-16,18-19,23,28H,9-10,13,17H2,(H,34,35)(H,36,37)/b15-8+. The number of carboxylic acid groups (broad SMARTS) is 1. The van der Waals surface area contributed by atoms with Crippen molar-refractivity contribution in [3.05, 3.63) is 112 Å². The van der Waals surface area contributed by atoms with Crippen molar-refractivity contribution in [2.75, 3.05) is 0 Å². The van der Waals surface area contributed by atoms with Gasteiger partial charge in [0.2, 0.25) is 5.91 Å². The van der Waals surface area contributed by atoms with Crippen LogP contribution in [0.4, 0.5) is 0 Å². The van der Waals surface area contributed by atoms with Crippen LogP contribution in [0.3, 0.4) is 0 Å². The van der Waals surface area contributed by atoms with Crippen molar-refractivity contribution in [1.29, 1.82) is 0 Å². The van der Waals surface area contributed by atoms with E-state index in [2.05, 4.69) is 16.4 Å². The number of benzene rings is 3. The fourth-order valence-corrected chi connectivity index (χ4v) is 4.63. The third-order valence-corrected chi connectivity index (χ3v) is 6.89. The molecular formula is C31H27ClN2O3. The molecule has 3 aromatic carbocycles. The summed E-state index contributed by atoms with van der Waals surface area (Å²) in [4.78, 5) is 29.0. The van der Waals surface area contributed by atoms with Crippen molar-refractivity contribution in [2.24, 2.45) is 5.92 Å². The quantitative estimate of drug-likeness (QED) is 0.255. The fourth-order valence-electron chi connectivity index (χ4n) is 4.46. The van der Waals surface area contributed by atoms with Gasteiger partial charge in [-0.3, -0.25) is 4.79 Å². The van der Waals surface area contributed by atoms with Crippen LogP contribution in [0, 0.1) is 5.92 Å². The van der Waals surface area contributed by atoms with Crippen molar-refractivity contribution in [3.63, 3.8) is 0 Å². The average molecular weight is 511 g/mol. The first kappa shape index (κ1) is 24.7. The number of aryl methyl sites for hydroxylation is 1. The van der Waals surface area contributed by atoms with Gasteiger partial charge < -0.3 is 10.4 Å². The number of nitrogens with one attached hydrogen (secondary N) is 1. The van der Waals surface area contributed by atoms with E-state index in [1.54, 1.807) is 12.1 Å². The van der Waals surface area contributed by atoms with E-state index in [-0.39, 0.29) is 17.9 Å². The number of rotatable bonds is 9. The third-order valence-electron chi connectivity index (χ3n) is 6.65. The maximum absolute atomic E-state index is 12.7. The minimum absolute atomic E-state index is 0.0662. The van der Waals surface area contributed by atoms with Crippen LogP contribution in [0.1, 0.15) is 58.0 Å². The van der Waals surface area contributed by atoms with Crippen molar-refractivity contribution >= 4 is 46.5 Å². The Labute approximate surface area is 220 Å². The summed E-state index contributed by atoms with van der Waals surface area (Å²) in [6.45, 7) is 0. The van der Waals surface area contributed by atoms with Gasteiger partial charge in [-0.05, 0) is 78.8 Å². The lowest BCUT2D eigenvalue weighted by molar-refractivity contribution is -0.123. The number of nitrogens with zero attached hydrogens (tertiary/aromatic N) is 1. The van der Waals surface area contributed by atoms with Crippen molar-refractivity contribution in [1.82, 2.24) is 10.3 Å². The Bertz CT molecular complexity index is 1490. The Balaban J connectivity index is 1.37. The molecule has 2 N–H and O–H groups in total. The molecule has 0 radical (unpaired) electrons. The van der Waals surface area contributed by atoms with E-state index < -0.39 is 5.97 Å².